The van der Waals surface area contributed by atoms with Crippen LogP contribution in [0.1, 0.15) is 40.7 Å². The number of pyridine rings is 1. The lowest BCUT2D eigenvalue weighted by molar-refractivity contribution is -0.121. The highest BCUT2D eigenvalue weighted by Gasteiger charge is 2.20. The number of rotatable bonds is 5. The number of nitrogens with zero attached hydrogens (tertiary/aromatic N) is 3. The molecule has 0 spiro atoms. The molecule has 172 valence electrons. The minimum Gasteiger partial charge on any atom is -0.361 e. The number of aromatic amines is 1. The number of H-pyrrole nitrogens is 1. The van der Waals surface area contributed by atoms with Gasteiger partial charge in [0.05, 0.1) is 34.1 Å². The molecule has 0 atom stereocenters. The Bertz CT molecular complexity index is 1530. The topological polar surface area (TPSA) is 105 Å². The molecule has 0 saturated carbocycles. The number of hydrazine groups is 1. The average Bonchev–Trinajstić information content (AvgIpc) is 3.55. The Morgan fingerprint density at radius 1 is 1.12 bits per heavy atom. The van der Waals surface area contributed by atoms with Crippen LogP contribution in [0, 0.1) is 6.92 Å². The third-order valence-electron chi connectivity index (χ3n) is 5.63. The van der Waals surface area contributed by atoms with Gasteiger partial charge in [-0.25, -0.2) is 9.67 Å². The third kappa shape index (κ3) is 4.06. The lowest BCUT2D eigenvalue weighted by atomic mass is 10.1. The lowest BCUT2D eigenvalue weighted by Crippen LogP contribution is -2.42. The predicted molar refractivity (Wildman–Crippen MR) is 134 cm³/mol. The van der Waals surface area contributed by atoms with E-state index in [-0.39, 0.29) is 18.4 Å². The highest BCUT2D eigenvalue weighted by atomic mass is 32.1. The molecule has 0 aliphatic carbocycles. The van der Waals surface area contributed by atoms with Crippen LogP contribution in [-0.4, -0.2) is 31.6 Å². The maximum atomic E-state index is 13.2. The zero-order chi connectivity index (χ0) is 23.8. The number of hydrogen-bond acceptors (Lipinski definition) is 5. The molecule has 4 heterocycles. The summed E-state index contributed by atoms with van der Waals surface area (Å²) in [5, 5.41) is 6.06. The molecule has 5 rings (SSSR count). The van der Waals surface area contributed by atoms with Crippen molar-refractivity contribution in [2.45, 2.75) is 33.2 Å². The number of aromatic nitrogens is 4. The average molecular weight is 473 g/mol. The largest absolute Gasteiger partial charge is 0.361 e. The Hall–Kier alpha value is -3.98. The molecule has 2 amide bonds. The zero-order valence-electron chi connectivity index (χ0n) is 19.0. The van der Waals surface area contributed by atoms with Crippen LogP contribution in [0.3, 0.4) is 0 Å². The van der Waals surface area contributed by atoms with Crippen LogP contribution in [0.5, 0.6) is 0 Å². The van der Waals surface area contributed by atoms with Gasteiger partial charge < -0.3 is 4.98 Å². The number of benzene rings is 1. The van der Waals surface area contributed by atoms with Crippen LogP contribution in [-0.2, 0) is 11.2 Å². The second-order valence-electron chi connectivity index (χ2n) is 8.42. The van der Waals surface area contributed by atoms with E-state index in [9.17, 15) is 9.59 Å². The van der Waals surface area contributed by atoms with Crippen molar-refractivity contribution in [3.05, 3.63) is 70.9 Å². The molecule has 0 aliphatic rings. The molecule has 9 heteroatoms. The van der Waals surface area contributed by atoms with Crippen molar-refractivity contribution in [2.75, 3.05) is 0 Å². The molecule has 0 saturated heterocycles. The van der Waals surface area contributed by atoms with E-state index in [0.717, 1.165) is 26.2 Å². The number of amides is 2. The standard InChI is InChI=1S/C25H24N6O2S/c1-14(2)31-24-19(13-27-31)18(11-21(28-24)22-9-8-15(3)34-22)25(33)30-29-23(32)10-16-12-26-20-7-5-4-6-17(16)20/h4-9,11-14,26H,10H2,1-3H3,(H,29,32)(H,30,33). The van der Waals surface area contributed by atoms with Crippen LogP contribution >= 0.6 is 11.3 Å². The molecule has 3 N–H and O–H groups in total. The molecule has 0 radical (unpaired) electrons. The minimum atomic E-state index is -0.419. The molecule has 0 fully saturated rings. The number of carbonyl (C=O) groups is 2. The van der Waals surface area contributed by atoms with Gasteiger partial charge in [-0.15, -0.1) is 11.3 Å². The molecule has 8 nitrogen and oxygen atoms in total. The molecular formula is C25H24N6O2S. The fraction of sp³-hybridized carbons (Fsp3) is 0.200. The summed E-state index contributed by atoms with van der Waals surface area (Å²) in [4.78, 5) is 35.8. The number of fused-ring (bicyclic) bond motifs is 2. The van der Waals surface area contributed by atoms with E-state index in [1.807, 2.05) is 63.4 Å². The van der Waals surface area contributed by atoms with Gasteiger partial charge in [0.2, 0.25) is 5.91 Å². The number of para-hydroxylation sites is 1. The Kier molecular flexibility index (Phi) is 5.62. The van der Waals surface area contributed by atoms with Crippen molar-refractivity contribution < 1.29 is 9.59 Å². The first kappa shape index (κ1) is 21.8. The third-order valence-corrected chi connectivity index (χ3v) is 6.66. The Morgan fingerprint density at radius 3 is 2.71 bits per heavy atom. The van der Waals surface area contributed by atoms with Gasteiger partial charge in [-0.3, -0.25) is 20.4 Å². The van der Waals surface area contributed by atoms with E-state index < -0.39 is 5.91 Å². The van der Waals surface area contributed by atoms with E-state index in [2.05, 4.69) is 20.9 Å². The van der Waals surface area contributed by atoms with Gasteiger partial charge >= 0.3 is 0 Å². The van der Waals surface area contributed by atoms with Crippen LogP contribution in [0.25, 0.3) is 32.5 Å². The first-order valence-corrected chi connectivity index (χ1v) is 11.8. The summed E-state index contributed by atoms with van der Waals surface area (Å²) in [6.45, 7) is 6.06. The summed E-state index contributed by atoms with van der Waals surface area (Å²) in [6.07, 6.45) is 3.60. The Labute approximate surface area is 200 Å². The minimum absolute atomic E-state index is 0.0807. The maximum Gasteiger partial charge on any atom is 0.270 e. The molecular weight excluding hydrogens is 448 g/mol. The number of aryl methyl sites for hydroxylation is 1. The van der Waals surface area contributed by atoms with E-state index in [4.69, 9.17) is 4.98 Å². The lowest BCUT2D eigenvalue weighted by Gasteiger charge is -2.11. The zero-order valence-corrected chi connectivity index (χ0v) is 19.9. The molecule has 5 aromatic rings. The summed E-state index contributed by atoms with van der Waals surface area (Å²) >= 11 is 1.61. The molecule has 4 aromatic heterocycles. The SMILES string of the molecule is Cc1ccc(-c2cc(C(=O)NNC(=O)Cc3c[nH]c4ccccc34)c3cnn(C(C)C)c3n2)s1. The van der Waals surface area contributed by atoms with Crippen LogP contribution in [0.15, 0.2) is 54.9 Å². The van der Waals surface area contributed by atoms with Gasteiger partial charge in [-0.1, -0.05) is 18.2 Å². The highest BCUT2D eigenvalue weighted by Crippen LogP contribution is 2.30. The van der Waals surface area contributed by atoms with Crippen molar-refractivity contribution in [1.82, 2.24) is 30.6 Å². The van der Waals surface area contributed by atoms with E-state index in [1.165, 1.54) is 0 Å². The number of hydrogen-bond donors (Lipinski definition) is 3. The van der Waals surface area contributed by atoms with Crippen molar-refractivity contribution >= 4 is 45.1 Å². The monoisotopic (exact) mass is 472 g/mol. The molecule has 34 heavy (non-hydrogen) atoms. The number of thiophene rings is 1. The predicted octanol–water partition coefficient (Wildman–Crippen LogP) is 4.53. The summed E-state index contributed by atoms with van der Waals surface area (Å²) in [5.41, 5.74) is 8.67. The van der Waals surface area contributed by atoms with Crippen molar-refractivity contribution in [3.63, 3.8) is 0 Å². The van der Waals surface area contributed by atoms with E-state index in [0.29, 0.717) is 22.3 Å². The number of nitrogens with one attached hydrogen (secondary N) is 3. The van der Waals surface area contributed by atoms with Crippen LogP contribution < -0.4 is 10.9 Å². The van der Waals surface area contributed by atoms with Gasteiger partial charge in [0.25, 0.3) is 5.91 Å². The van der Waals surface area contributed by atoms with Crippen molar-refractivity contribution in [2.24, 2.45) is 0 Å². The van der Waals surface area contributed by atoms with E-state index in [1.54, 1.807) is 28.3 Å². The molecule has 0 bridgehead atoms. The van der Waals surface area contributed by atoms with Gasteiger partial charge in [-0.05, 0) is 50.6 Å². The van der Waals surface area contributed by atoms with Crippen LogP contribution in [0.4, 0.5) is 0 Å². The summed E-state index contributed by atoms with van der Waals surface area (Å²) < 4.78 is 1.80. The highest BCUT2D eigenvalue weighted by molar-refractivity contribution is 7.15. The quantitative estimate of drug-likeness (QED) is 0.327. The van der Waals surface area contributed by atoms with Crippen LogP contribution in [0.2, 0.25) is 0 Å². The fourth-order valence-electron chi connectivity index (χ4n) is 3.97. The summed E-state index contributed by atoms with van der Waals surface area (Å²) in [7, 11) is 0. The second-order valence-corrected chi connectivity index (χ2v) is 9.71. The Morgan fingerprint density at radius 2 is 1.94 bits per heavy atom. The summed E-state index contributed by atoms with van der Waals surface area (Å²) in [6, 6.07) is 13.6. The smallest absolute Gasteiger partial charge is 0.270 e. The molecule has 0 unspecified atom stereocenters. The molecule has 0 aliphatic heterocycles. The van der Waals surface area contributed by atoms with Crippen molar-refractivity contribution in [3.8, 4) is 10.6 Å². The molecule has 1 aromatic carbocycles. The fourth-order valence-corrected chi connectivity index (χ4v) is 4.80. The van der Waals surface area contributed by atoms with Gasteiger partial charge in [0.1, 0.15) is 0 Å². The van der Waals surface area contributed by atoms with Crippen molar-refractivity contribution in [1.29, 1.82) is 0 Å². The van der Waals surface area contributed by atoms with E-state index >= 15 is 0 Å². The van der Waals surface area contributed by atoms with Gasteiger partial charge in [-0.2, -0.15) is 5.10 Å². The number of carbonyl (C=O) groups excluding carboxylic acids is 2. The summed E-state index contributed by atoms with van der Waals surface area (Å²) in [5.74, 6) is -0.729. The van der Waals surface area contributed by atoms with Gasteiger partial charge in [0.15, 0.2) is 5.65 Å². The van der Waals surface area contributed by atoms with Gasteiger partial charge in [0, 0.05) is 28.0 Å². The maximum absolute atomic E-state index is 13.2. The normalized spacial score (nSPS) is 11.4. The first-order valence-electron chi connectivity index (χ1n) is 11.0. The Balaban J connectivity index is 1.40. The first-order chi connectivity index (χ1) is 16.4. The second kappa shape index (κ2) is 8.75.